The van der Waals surface area contributed by atoms with Crippen LogP contribution in [-0.4, -0.2) is 31.4 Å². The molecule has 1 aromatic carbocycles. The highest BCUT2D eigenvalue weighted by Gasteiger charge is 2.15. The summed E-state index contributed by atoms with van der Waals surface area (Å²) < 4.78 is 1.88. The zero-order valence-electron chi connectivity index (χ0n) is 14.4. The first kappa shape index (κ1) is 18.4. The fraction of sp³-hybridized carbons (Fsp3) is 0.105. The van der Waals surface area contributed by atoms with Gasteiger partial charge < -0.3 is 5.32 Å². The summed E-state index contributed by atoms with van der Waals surface area (Å²) in [6, 6.07) is 12.7. The van der Waals surface area contributed by atoms with Gasteiger partial charge in [-0.3, -0.25) is 14.3 Å². The number of para-hydroxylation sites is 1. The first-order chi connectivity index (χ1) is 13.2. The fourth-order valence-electron chi connectivity index (χ4n) is 2.40. The van der Waals surface area contributed by atoms with Gasteiger partial charge in [0.05, 0.1) is 17.0 Å². The van der Waals surface area contributed by atoms with Gasteiger partial charge in [-0.1, -0.05) is 30.0 Å². The van der Waals surface area contributed by atoms with Crippen molar-refractivity contribution in [1.82, 2.24) is 19.7 Å². The maximum atomic E-state index is 12.3. The molecule has 0 fully saturated rings. The topological polar surface area (TPSA) is 96.5 Å². The van der Waals surface area contributed by atoms with Gasteiger partial charge >= 0.3 is 0 Å². The molecule has 0 saturated heterocycles. The third-order valence-electron chi connectivity index (χ3n) is 3.60. The molecule has 8 heteroatoms. The van der Waals surface area contributed by atoms with Gasteiger partial charge in [-0.25, -0.2) is 0 Å². The van der Waals surface area contributed by atoms with Gasteiger partial charge in [0.1, 0.15) is 6.07 Å². The van der Waals surface area contributed by atoms with Gasteiger partial charge in [0.25, 0.3) is 0 Å². The van der Waals surface area contributed by atoms with Crippen LogP contribution < -0.4 is 5.32 Å². The second kappa shape index (κ2) is 8.78. The highest BCUT2D eigenvalue weighted by Crippen LogP contribution is 2.24. The van der Waals surface area contributed by atoms with Crippen molar-refractivity contribution in [1.29, 1.82) is 5.26 Å². The van der Waals surface area contributed by atoms with E-state index in [0.29, 0.717) is 28.8 Å². The quantitative estimate of drug-likeness (QED) is 0.503. The number of nitrogens with one attached hydrogen (secondary N) is 1. The number of carbonyl (C=O) groups is 1. The van der Waals surface area contributed by atoms with E-state index in [9.17, 15) is 4.79 Å². The number of aromatic nitrogens is 4. The molecule has 3 rings (SSSR count). The molecule has 0 aliphatic heterocycles. The van der Waals surface area contributed by atoms with Crippen LogP contribution in [0.4, 0.5) is 5.69 Å². The molecule has 0 radical (unpaired) electrons. The minimum atomic E-state index is -0.223. The predicted octanol–water partition coefficient (Wildman–Crippen LogP) is 3.13. The molecule has 1 amide bonds. The van der Waals surface area contributed by atoms with E-state index in [4.69, 9.17) is 5.26 Å². The number of hydrogen-bond acceptors (Lipinski definition) is 6. The summed E-state index contributed by atoms with van der Waals surface area (Å²) in [5, 5.41) is 20.9. The number of anilines is 1. The Morgan fingerprint density at radius 3 is 2.89 bits per heavy atom. The number of thioether (sulfide) groups is 1. The Kier molecular flexibility index (Phi) is 5.97. The summed E-state index contributed by atoms with van der Waals surface area (Å²) in [7, 11) is 0. The number of carbonyl (C=O) groups excluding carboxylic acids is 1. The van der Waals surface area contributed by atoms with E-state index in [2.05, 4.69) is 33.1 Å². The van der Waals surface area contributed by atoms with Gasteiger partial charge in [-0.15, -0.1) is 16.8 Å². The van der Waals surface area contributed by atoms with Crippen LogP contribution in [0, 0.1) is 11.3 Å². The van der Waals surface area contributed by atoms with Crippen molar-refractivity contribution in [2.24, 2.45) is 0 Å². The molecule has 3 aromatic rings. The minimum Gasteiger partial charge on any atom is -0.324 e. The molecule has 27 heavy (non-hydrogen) atoms. The van der Waals surface area contributed by atoms with Gasteiger partial charge in [-0.2, -0.15) is 5.26 Å². The lowest BCUT2D eigenvalue weighted by Crippen LogP contribution is -2.15. The van der Waals surface area contributed by atoms with Crippen LogP contribution in [-0.2, 0) is 11.3 Å². The summed E-state index contributed by atoms with van der Waals surface area (Å²) in [5.74, 6) is 0.585. The van der Waals surface area contributed by atoms with Crippen LogP contribution in [0.2, 0.25) is 0 Å². The first-order valence-electron chi connectivity index (χ1n) is 8.09. The van der Waals surface area contributed by atoms with Crippen molar-refractivity contribution in [3.05, 3.63) is 67.0 Å². The lowest BCUT2D eigenvalue weighted by atomic mass is 10.2. The van der Waals surface area contributed by atoms with E-state index in [1.807, 2.05) is 16.7 Å². The standard InChI is InChI=1S/C19H16N6OS/c1-2-10-25-18(15-7-5-9-21-12-15)23-24-19(25)27-13-17(26)22-16-8-4-3-6-14(16)11-20/h2-9,12H,1,10,13H2,(H,22,26). The average molecular weight is 376 g/mol. The lowest BCUT2D eigenvalue weighted by molar-refractivity contribution is -0.113. The molecule has 2 aromatic heterocycles. The third kappa shape index (κ3) is 4.40. The summed E-state index contributed by atoms with van der Waals surface area (Å²) in [6.45, 7) is 4.28. The Labute approximate surface area is 160 Å². The maximum absolute atomic E-state index is 12.3. The van der Waals surface area contributed by atoms with Crippen molar-refractivity contribution < 1.29 is 4.79 Å². The van der Waals surface area contributed by atoms with E-state index in [-0.39, 0.29) is 11.7 Å². The minimum absolute atomic E-state index is 0.141. The van der Waals surface area contributed by atoms with Gasteiger partial charge in [-0.05, 0) is 24.3 Å². The van der Waals surface area contributed by atoms with E-state index in [1.54, 1.807) is 42.7 Å². The van der Waals surface area contributed by atoms with E-state index in [1.165, 1.54) is 11.8 Å². The Balaban J connectivity index is 1.72. The normalized spacial score (nSPS) is 10.2. The second-order valence-electron chi connectivity index (χ2n) is 5.44. The Hall–Kier alpha value is -3.44. The summed E-state index contributed by atoms with van der Waals surface area (Å²) in [4.78, 5) is 16.4. The molecule has 0 bridgehead atoms. The van der Waals surface area contributed by atoms with Gasteiger partial charge in [0.2, 0.25) is 5.91 Å². The van der Waals surface area contributed by atoms with Crippen LogP contribution >= 0.6 is 11.8 Å². The molecule has 134 valence electrons. The van der Waals surface area contributed by atoms with Crippen LogP contribution in [0.25, 0.3) is 11.4 Å². The van der Waals surface area contributed by atoms with Crippen molar-refractivity contribution in [3.63, 3.8) is 0 Å². The zero-order chi connectivity index (χ0) is 19.1. The van der Waals surface area contributed by atoms with E-state index < -0.39 is 0 Å². The number of allylic oxidation sites excluding steroid dienone is 1. The van der Waals surface area contributed by atoms with Crippen LogP contribution in [0.3, 0.4) is 0 Å². The third-order valence-corrected chi connectivity index (χ3v) is 4.57. The monoisotopic (exact) mass is 376 g/mol. The molecule has 0 spiro atoms. The summed E-state index contributed by atoms with van der Waals surface area (Å²) in [6.07, 6.45) is 5.15. The number of nitrogens with zero attached hydrogens (tertiary/aromatic N) is 5. The van der Waals surface area contributed by atoms with Crippen molar-refractivity contribution in [3.8, 4) is 17.5 Å². The van der Waals surface area contributed by atoms with E-state index in [0.717, 1.165) is 5.56 Å². The molecule has 2 heterocycles. The molecule has 0 saturated carbocycles. The number of rotatable bonds is 7. The smallest absolute Gasteiger partial charge is 0.234 e. The average Bonchev–Trinajstić information content (AvgIpc) is 3.10. The van der Waals surface area contributed by atoms with Crippen molar-refractivity contribution in [2.75, 3.05) is 11.1 Å². The van der Waals surface area contributed by atoms with Crippen molar-refractivity contribution in [2.45, 2.75) is 11.7 Å². The van der Waals surface area contributed by atoms with Crippen LogP contribution in [0.5, 0.6) is 0 Å². The van der Waals surface area contributed by atoms with E-state index >= 15 is 0 Å². The molecule has 0 atom stereocenters. The SMILES string of the molecule is C=CCn1c(SCC(=O)Nc2ccccc2C#N)nnc1-c1cccnc1. The lowest BCUT2D eigenvalue weighted by Gasteiger charge is -2.08. The molecule has 0 aliphatic rings. The number of amides is 1. The Morgan fingerprint density at radius 2 is 2.15 bits per heavy atom. The number of pyridine rings is 1. The Bertz CT molecular complexity index is 993. The zero-order valence-corrected chi connectivity index (χ0v) is 15.2. The predicted molar refractivity (Wildman–Crippen MR) is 104 cm³/mol. The fourth-order valence-corrected chi connectivity index (χ4v) is 3.15. The molecule has 0 aliphatic carbocycles. The highest BCUT2D eigenvalue weighted by molar-refractivity contribution is 7.99. The molecule has 1 N–H and O–H groups in total. The molecular weight excluding hydrogens is 360 g/mol. The number of nitriles is 1. The largest absolute Gasteiger partial charge is 0.324 e. The summed E-state index contributed by atoms with van der Waals surface area (Å²) >= 11 is 1.27. The Morgan fingerprint density at radius 1 is 1.30 bits per heavy atom. The summed E-state index contributed by atoms with van der Waals surface area (Å²) in [5.41, 5.74) is 1.75. The molecule has 7 nitrogen and oxygen atoms in total. The van der Waals surface area contributed by atoms with Crippen LogP contribution in [0.1, 0.15) is 5.56 Å². The maximum Gasteiger partial charge on any atom is 0.234 e. The number of hydrogen-bond donors (Lipinski definition) is 1. The van der Waals surface area contributed by atoms with Gasteiger partial charge in [0, 0.05) is 24.5 Å². The van der Waals surface area contributed by atoms with Gasteiger partial charge in [0.15, 0.2) is 11.0 Å². The van der Waals surface area contributed by atoms with Crippen LogP contribution in [0.15, 0.2) is 66.6 Å². The van der Waals surface area contributed by atoms with Crippen molar-refractivity contribution >= 4 is 23.4 Å². The molecular formula is C19H16N6OS. The number of benzene rings is 1. The highest BCUT2D eigenvalue weighted by atomic mass is 32.2. The first-order valence-corrected chi connectivity index (χ1v) is 9.07. The second-order valence-corrected chi connectivity index (χ2v) is 6.38. The molecule has 0 unspecified atom stereocenters.